The molecule has 3 rings (SSSR count). The van der Waals surface area contributed by atoms with Crippen molar-refractivity contribution >= 4 is 11.7 Å². The molecule has 1 aromatic heterocycles. The van der Waals surface area contributed by atoms with E-state index < -0.39 is 17.3 Å². The Labute approximate surface area is 157 Å². The number of hydrogen-bond donors (Lipinski definition) is 1. The van der Waals surface area contributed by atoms with Crippen LogP contribution in [0.5, 0.6) is 0 Å². The first-order valence-corrected chi connectivity index (χ1v) is 9.05. The van der Waals surface area contributed by atoms with Gasteiger partial charge in [-0.25, -0.2) is 4.39 Å². The summed E-state index contributed by atoms with van der Waals surface area (Å²) in [6.45, 7) is 3.88. The van der Waals surface area contributed by atoms with Gasteiger partial charge in [0.2, 0.25) is 0 Å². The van der Waals surface area contributed by atoms with Crippen LogP contribution in [-0.4, -0.2) is 23.3 Å². The average molecular weight is 370 g/mol. The van der Waals surface area contributed by atoms with Crippen molar-refractivity contribution in [2.24, 2.45) is 11.8 Å². The molecule has 1 aromatic carbocycles. The number of carbonyl (C=O) groups excluding carboxylic acids is 2. The highest BCUT2D eigenvalue weighted by Gasteiger charge is 2.34. The number of halogens is 1. The molecule has 1 N–H and O–H groups in total. The molecule has 0 aliphatic heterocycles. The number of nitrogens with zero attached hydrogens (tertiary/aromatic N) is 1. The van der Waals surface area contributed by atoms with Gasteiger partial charge in [-0.3, -0.25) is 14.4 Å². The quantitative estimate of drug-likeness (QED) is 0.795. The molecule has 0 saturated heterocycles. The van der Waals surface area contributed by atoms with Crippen LogP contribution in [0, 0.1) is 24.6 Å². The summed E-state index contributed by atoms with van der Waals surface area (Å²) in [6.07, 6.45) is 2.85. The maximum Gasteiger partial charge on any atom is 0.263 e. The first-order valence-electron chi connectivity index (χ1n) is 9.05. The van der Waals surface area contributed by atoms with Crippen molar-refractivity contribution in [2.75, 3.05) is 7.05 Å². The van der Waals surface area contributed by atoms with E-state index in [1.165, 1.54) is 29.9 Å². The van der Waals surface area contributed by atoms with Crippen molar-refractivity contribution in [3.63, 3.8) is 0 Å². The van der Waals surface area contributed by atoms with Crippen LogP contribution in [0.25, 0.3) is 0 Å². The van der Waals surface area contributed by atoms with Crippen molar-refractivity contribution in [2.45, 2.75) is 33.2 Å². The van der Waals surface area contributed by atoms with Crippen molar-refractivity contribution in [1.82, 2.24) is 9.88 Å². The molecule has 0 radical (unpaired) electrons. The zero-order valence-corrected chi connectivity index (χ0v) is 15.7. The monoisotopic (exact) mass is 370 g/mol. The van der Waals surface area contributed by atoms with Gasteiger partial charge in [-0.15, -0.1) is 0 Å². The lowest BCUT2D eigenvalue weighted by Crippen LogP contribution is -2.32. The van der Waals surface area contributed by atoms with E-state index in [1.54, 1.807) is 12.1 Å². The van der Waals surface area contributed by atoms with Crippen LogP contribution in [0.15, 0.2) is 35.3 Å². The van der Waals surface area contributed by atoms with Crippen molar-refractivity contribution in [3.8, 4) is 0 Å². The fourth-order valence-electron chi connectivity index (χ4n) is 3.25. The van der Waals surface area contributed by atoms with Gasteiger partial charge in [0.05, 0.1) is 6.54 Å². The molecule has 1 saturated carbocycles. The lowest BCUT2D eigenvalue weighted by atomic mass is 10.0. The summed E-state index contributed by atoms with van der Waals surface area (Å²) in [5.41, 5.74) is 0.841. The number of amides is 1. The Morgan fingerprint density at radius 3 is 2.63 bits per heavy atom. The molecule has 1 heterocycles. The summed E-state index contributed by atoms with van der Waals surface area (Å²) in [4.78, 5) is 37.4. The molecule has 1 aliphatic rings. The molecule has 2 atom stereocenters. The summed E-state index contributed by atoms with van der Waals surface area (Å²) in [5.74, 6) is -0.214. The van der Waals surface area contributed by atoms with E-state index in [-0.39, 0.29) is 17.9 Å². The Morgan fingerprint density at radius 2 is 2.00 bits per heavy atom. The van der Waals surface area contributed by atoms with Gasteiger partial charge in [0.25, 0.3) is 11.5 Å². The molecule has 1 fully saturated rings. The van der Waals surface area contributed by atoms with Crippen molar-refractivity contribution in [1.29, 1.82) is 0 Å². The predicted molar refractivity (Wildman–Crippen MR) is 101 cm³/mol. The maximum absolute atomic E-state index is 14.1. The third kappa shape index (κ3) is 4.15. The molecule has 1 aliphatic carbocycles. The van der Waals surface area contributed by atoms with Gasteiger partial charge in [0.15, 0.2) is 5.78 Å². The smallest absolute Gasteiger partial charge is 0.263 e. The lowest BCUT2D eigenvalue weighted by molar-refractivity contribution is 0.0961. The van der Waals surface area contributed by atoms with E-state index in [2.05, 4.69) is 12.2 Å². The summed E-state index contributed by atoms with van der Waals surface area (Å²) < 4.78 is 15.4. The van der Waals surface area contributed by atoms with Gasteiger partial charge in [-0.05, 0) is 37.3 Å². The highest BCUT2D eigenvalue weighted by molar-refractivity contribution is 6.00. The molecule has 27 heavy (non-hydrogen) atoms. The molecule has 0 bridgehead atoms. The lowest BCUT2D eigenvalue weighted by Gasteiger charge is -2.12. The minimum atomic E-state index is -0.562. The molecule has 6 heteroatoms. The average Bonchev–Trinajstić information content (AvgIpc) is 3.33. The van der Waals surface area contributed by atoms with Gasteiger partial charge in [0.1, 0.15) is 11.4 Å². The van der Waals surface area contributed by atoms with E-state index in [1.807, 2.05) is 6.92 Å². The minimum Gasteiger partial charge on any atom is -0.355 e. The van der Waals surface area contributed by atoms with Gasteiger partial charge in [0, 0.05) is 30.8 Å². The molecular formula is C21H23FN2O3. The normalized spacial score (nSPS) is 18.2. The van der Waals surface area contributed by atoms with Crippen LogP contribution in [0.1, 0.15) is 51.6 Å². The highest BCUT2D eigenvalue weighted by Crippen LogP contribution is 2.41. The number of aryl methyl sites for hydroxylation is 1. The van der Waals surface area contributed by atoms with Crippen LogP contribution in [0.4, 0.5) is 4.39 Å². The van der Waals surface area contributed by atoms with Crippen LogP contribution < -0.4 is 10.9 Å². The second-order valence-corrected chi connectivity index (χ2v) is 7.35. The number of pyridine rings is 1. The van der Waals surface area contributed by atoms with E-state index in [9.17, 15) is 18.8 Å². The van der Waals surface area contributed by atoms with E-state index in [0.29, 0.717) is 29.4 Å². The molecule has 1 amide bonds. The van der Waals surface area contributed by atoms with Crippen molar-refractivity contribution in [3.05, 3.63) is 68.9 Å². The molecule has 5 nitrogen and oxygen atoms in total. The number of Topliss-reactive ketones (excluding diaryl/α,β-unsaturated/α-hetero) is 1. The second-order valence-electron chi connectivity index (χ2n) is 7.35. The van der Waals surface area contributed by atoms with Crippen molar-refractivity contribution < 1.29 is 14.0 Å². The first kappa shape index (κ1) is 19.0. The third-order valence-electron chi connectivity index (χ3n) is 5.15. The Morgan fingerprint density at radius 1 is 1.30 bits per heavy atom. The zero-order chi connectivity index (χ0) is 19.7. The number of benzene rings is 1. The summed E-state index contributed by atoms with van der Waals surface area (Å²) in [5, 5.41) is 2.42. The minimum absolute atomic E-state index is 0.0444. The number of aromatic nitrogens is 1. The largest absolute Gasteiger partial charge is 0.355 e. The fraction of sp³-hybridized carbons (Fsp3) is 0.381. The number of ketones is 1. The van der Waals surface area contributed by atoms with Crippen LogP contribution in [0.3, 0.4) is 0 Å². The van der Waals surface area contributed by atoms with Gasteiger partial charge < -0.3 is 9.88 Å². The Kier molecular flexibility index (Phi) is 5.26. The second kappa shape index (κ2) is 7.47. The van der Waals surface area contributed by atoms with E-state index in [4.69, 9.17) is 0 Å². The van der Waals surface area contributed by atoms with Gasteiger partial charge in [-0.1, -0.05) is 24.6 Å². The Bertz CT molecular complexity index is 964. The van der Waals surface area contributed by atoms with Gasteiger partial charge >= 0.3 is 0 Å². The van der Waals surface area contributed by atoms with E-state index >= 15 is 0 Å². The summed E-state index contributed by atoms with van der Waals surface area (Å²) in [7, 11) is 1.42. The summed E-state index contributed by atoms with van der Waals surface area (Å²) in [6, 6.07) is 5.99. The predicted octanol–water partition coefficient (Wildman–Crippen LogP) is 2.93. The zero-order valence-electron chi connectivity index (χ0n) is 15.7. The molecule has 2 aromatic rings. The maximum atomic E-state index is 14.1. The van der Waals surface area contributed by atoms with Crippen LogP contribution >= 0.6 is 0 Å². The molecule has 1 unspecified atom stereocenters. The highest BCUT2D eigenvalue weighted by atomic mass is 19.1. The topological polar surface area (TPSA) is 68.2 Å². The standard InChI is InChI=1S/C21H23FN2O3/c1-12-4-5-18(22)15(6-12)10-24-11-16(19(25)9-14-7-13(14)2)8-17(21(24)27)20(26)23-3/h4-6,8,11,13-14H,7,9-10H2,1-3H3,(H,23,26)/t13-,14?/m1/s1. The number of carbonyl (C=O) groups is 2. The summed E-state index contributed by atoms with van der Waals surface area (Å²) >= 11 is 0. The Hall–Kier alpha value is -2.76. The fourth-order valence-corrected chi connectivity index (χ4v) is 3.25. The first-order chi connectivity index (χ1) is 12.8. The SMILES string of the molecule is CNC(=O)c1cc(C(=O)CC2C[C@H]2C)cn(Cc2cc(C)ccc2F)c1=O. The number of hydrogen-bond acceptors (Lipinski definition) is 3. The molecular weight excluding hydrogens is 347 g/mol. The molecule has 0 spiro atoms. The number of rotatable bonds is 6. The Balaban J connectivity index is 2.01. The van der Waals surface area contributed by atoms with Crippen LogP contribution in [0.2, 0.25) is 0 Å². The molecule has 142 valence electrons. The number of nitrogens with one attached hydrogen (secondary N) is 1. The third-order valence-corrected chi connectivity index (χ3v) is 5.15. The van der Waals surface area contributed by atoms with E-state index in [0.717, 1.165) is 12.0 Å². The van der Waals surface area contributed by atoms with Gasteiger partial charge in [-0.2, -0.15) is 0 Å². The van der Waals surface area contributed by atoms with Crippen LogP contribution in [-0.2, 0) is 6.54 Å².